The highest BCUT2D eigenvalue weighted by Crippen LogP contribution is 2.24. The molecule has 0 saturated carbocycles. The van der Waals surface area contributed by atoms with Gasteiger partial charge in [0.1, 0.15) is 6.04 Å². The van der Waals surface area contributed by atoms with Gasteiger partial charge in [0, 0.05) is 17.8 Å². The lowest BCUT2D eigenvalue weighted by atomic mass is 10.1. The summed E-state index contributed by atoms with van der Waals surface area (Å²) in [5.41, 5.74) is 1.61. The first-order valence-electron chi connectivity index (χ1n) is 10.3. The number of amides is 2. The van der Waals surface area contributed by atoms with Crippen molar-refractivity contribution >= 4 is 46.8 Å². The van der Waals surface area contributed by atoms with E-state index in [1.807, 2.05) is 64.1 Å². The van der Waals surface area contributed by atoms with E-state index in [9.17, 15) is 9.59 Å². The highest BCUT2D eigenvalue weighted by atomic mass is 35.5. The van der Waals surface area contributed by atoms with E-state index in [1.165, 1.54) is 0 Å². The van der Waals surface area contributed by atoms with Crippen LogP contribution in [0.15, 0.2) is 48.5 Å². The molecule has 7 heteroatoms. The topological polar surface area (TPSA) is 49.4 Å². The van der Waals surface area contributed by atoms with Crippen LogP contribution in [0.2, 0.25) is 10.0 Å². The molecule has 31 heavy (non-hydrogen) atoms. The van der Waals surface area contributed by atoms with Gasteiger partial charge >= 0.3 is 0 Å². The second-order valence-corrected chi connectivity index (χ2v) is 10.2. The Balaban J connectivity index is 2.19. The van der Waals surface area contributed by atoms with E-state index in [4.69, 9.17) is 23.2 Å². The molecule has 168 valence electrons. The highest BCUT2D eigenvalue weighted by Gasteiger charge is 2.30. The molecule has 0 aromatic heterocycles. The number of carbonyl (C=O) groups is 2. The van der Waals surface area contributed by atoms with Crippen molar-refractivity contribution in [3.8, 4) is 0 Å². The van der Waals surface area contributed by atoms with Gasteiger partial charge < -0.3 is 10.2 Å². The lowest BCUT2D eigenvalue weighted by Gasteiger charge is -2.33. The van der Waals surface area contributed by atoms with Crippen LogP contribution in [0.25, 0.3) is 0 Å². The predicted octanol–water partition coefficient (Wildman–Crippen LogP) is 5.95. The molecule has 2 aromatic carbocycles. The predicted molar refractivity (Wildman–Crippen MR) is 132 cm³/mol. The Morgan fingerprint density at radius 1 is 1.03 bits per heavy atom. The second kappa shape index (κ2) is 11.8. The van der Waals surface area contributed by atoms with E-state index in [0.29, 0.717) is 16.5 Å². The maximum atomic E-state index is 13.2. The molecule has 2 amide bonds. The number of hydrogen-bond acceptors (Lipinski definition) is 3. The fraction of sp³-hybridized carbons (Fsp3) is 0.417. The highest BCUT2D eigenvalue weighted by molar-refractivity contribution is 7.99. The largest absolute Gasteiger partial charge is 0.350 e. The Bertz CT molecular complexity index is 885. The first kappa shape index (κ1) is 25.6. The van der Waals surface area contributed by atoms with Crippen molar-refractivity contribution in [2.75, 3.05) is 5.75 Å². The van der Waals surface area contributed by atoms with Crippen LogP contribution in [0.3, 0.4) is 0 Å². The quantitative estimate of drug-likeness (QED) is 0.482. The van der Waals surface area contributed by atoms with Crippen molar-refractivity contribution in [3.63, 3.8) is 0 Å². The van der Waals surface area contributed by atoms with Crippen LogP contribution in [-0.2, 0) is 21.9 Å². The lowest BCUT2D eigenvalue weighted by molar-refractivity contribution is -0.140. The van der Waals surface area contributed by atoms with Crippen LogP contribution in [0.4, 0.5) is 0 Å². The molecule has 0 spiro atoms. The average Bonchev–Trinajstić information content (AvgIpc) is 2.70. The molecule has 0 heterocycles. The first-order chi connectivity index (χ1) is 14.6. The number of halogens is 2. The smallest absolute Gasteiger partial charge is 0.243 e. The van der Waals surface area contributed by atoms with E-state index in [1.54, 1.807) is 28.8 Å². The summed E-state index contributed by atoms with van der Waals surface area (Å²) in [6, 6.07) is 14.7. The van der Waals surface area contributed by atoms with Gasteiger partial charge in [-0.3, -0.25) is 9.59 Å². The molecular weight excluding hydrogens is 451 g/mol. The maximum absolute atomic E-state index is 13.2. The third-order valence-corrected chi connectivity index (χ3v) is 6.29. The van der Waals surface area contributed by atoms with Crippen LogP contribution < -0.4 is 5.32 Å². The molecule has 2 rings (SSSR count). The number of carbonyl (C=O) groups excluding carboxylic acids is 2. The molecular formula is C24H30Cl2N2O2S. The zero-order valence-electron chi connectivity index (χ0n) is 18.5. The summed E-state index contributed by atoms with van der Waals surface area (Å²) in [7, 11) is 0. The van der Waals surface area contributed by atoms with E-state index in [0.717, 1.165) is 16.9 Å². The van der Waals surface area contributed by atoms with E-state index in [2.05, 4.69) is 5.32 Å². The van der Waals surface area contributed by atoms with Crippen molar-refractivity contribution in [2.24, 2.45) is 0 Å². The molecule has 1 N–H and O–H groups in total. The lowest BCUT2D eigenvalue weighted by Crippen LogP contribution is -2.53. The Morgan fingerprint density at radius 2 is 1.71 bits per heavy atom. The standard InChI is InChI=1S/C24H30Cl2N2O2S/c1-5-21(23(30)27-24(2,3)4)28(14-18-11-12-19(25)20(26)13-18)22(29)16-31-15-17-9-7-6-8-10-17/h6-13,21H,5,14-16H2,1-4H3,(H,27,30)/t21-/m1/s1. The Kier molecular flexibility index (Phi) is 9.73. The van der Waals surface area contributed by atoms with Gasteiger partial charge in [-0.25, -0.2) is 0 Å². The Hall–Kier alpha value is -1.69. The minimum Gasteiger partial charge on any atom is -0.350 e. The van der Waals surface area contributed by atoms with Crippen molar-refractivity contribution in [3.05, 3.63) is 69.7 Å². The molecule has 0 aliphatic carbocycles. The molecule has 0 aliphatic rings. The number of nitrogens with zero attached hydrogens (tertiary/aromatic N) is 1. The average molecular weight is 481 g/mol. The van der Waals surface area contributed by atoms with E-state index >= 15 is 0 Å². The summed E-state index contributed by atoms with van der Waals surface area (Å²) in [4.78, 5) is 27.9. The van der Waals surface area contributed by atoms with Crippen LogP contribution in [0.1, 0.15) is 45.2 Å². The van der Waals surface area contributed by atoms with Gasteiger partial charge in [0.05, 0.1) is 15.8 Å². The number of rotatable bonds is 9. The van der Waals surface area contributed by atoms with Gasteiger partial charge in [-0.15, -0.1) is 11.8 Å². The zero-order chi connectivity index (χ0) is 23.0. The molecule has 0 radical (unpaired) electrons. The van der Waals surface area contributed by atoms with Crippen molar-refractivity contribution < 1.29 is 9.59 Å². The second-order valence-electron chi connectivity index (χ2n) is 8.41. The monoisotopic (exact) mass is 480 g/mol. The zero-order valence-corrected chi connectivity index (χ0v) is 20.8. The van der Waals surface area contributed by atoms with Crippen molar-refractivity contribution in [1.82, 2.24) is 10.2 Å². The summed E-state index contributed by atoms with van der Waals surface area (Å²) in [5.74, 6) is 0.785. The normalized spacial score (nSPS) is 12.3. The van der Waals surface area contributed by atoms with E-state index in [-0.39, 0.29) is 29.7 Å². The third-order valence-electron chi connectivity index (χ3n) is 4.56. The Morgan fingerprint density at radius 3 is 2.29 bits per heavy atom. The van der Waals surface area contributed by atoms with Crippen LogP contribution in [0.5, 0.6) is 0 Å². The summed E-state index contributed by atoms with van der Waals surface area (Å²) in [6.45, 7) is 7.99. The minimum atomic E-state index is -0.571. The SMILES string of the molecule is CC[C@H](C(=O)NC(C)(C)C)N(Cc1ccc(Cl)c(Cl)c1)C(=O)CSCc1ccccc1. The molecule has 0 bridgehead atoms. The van der Waals surface area contributed by atoms with Crippen LogP contribution in [-0.4, -0.2) is 34.0 Å². The van der Waals surface area contributed by atoms with Gasteiger partial charge in [0.2, 0.25) is 11.8 Å². The summed E-state index contributed by atoms with van der Waals surface area (Å²) in [5, 5.41) is 3.89. The fourth-order valence-corrected chi connectivity index (χ4v) is 4.31. The minimum absolute atomic E-state index is 0.0806. The number of nitrogens with one attached hydrogen (secondary N) is 1. The molecule has 1 atom stereocenters. The summed E-state index contributed by atoms with van der Waals surface area (Å²) in [6.07, 6.45) is 0.512. The molecule has 0 unspecified atom stereocenters. The molecule has 2 aromatic rings. The number of thioether (sulfide) groups is 1. The van der Waals surface area contributed by atoms with Crippen molar-refractivity contribution in [2.45, 2.75) is 58.0 Å². The van der Waals surface area contributed by atoms with Gasteiger partial charge in [-0.1, -0.05) is 66.5 Å². The van der Waals surface area contributed by atoms with Crippen LogP contribution >= 0.6 is 35.0 Å². The molecule has 0 fully saturated rings. The summed E-state index contributed by atoms with van der Waals surface area (Å²) < 4.78 is 0. The van der Waals surface area contributed by atoms with Gasteiger partial charge in [0.25, 0.3) is 0 Å². The third kappa shape index (κ3) is 8.40. The van der Waals surface area contributed by atoms with Gasteiger partial charge in [-0.05, 0) is 50.5 Å². The Labute approximate surface area is 199 Å². The van der Waals surface area contributed by atoms with Crippen molar-refractivity contribution in [1.29, 1.82) is 0 Å². The molecule has 0 aliphatic heterocycles. The first-order valence-corrected chi connectivity index (χ1v) is 12.2. The molecule has 0 saturated heterocycles. The fourth-order valence-electron chi connectivity index (χ4n) is 3.12. The summed E-state index contributed by atoms with van der Waals surface area (Å²) >= 11 is 13.8. The van der Waals surface area contributed by atoms with Crippen LogP contribution in [0, 0.1) is 0 Å². The van der Waals surface area contributed by atoms with Gasteiger partial charge in [-0.2, -0.15) is 0 Å². The number of benzene rings is 2. The van der Waals surface area contributed by atoms with E-state index < -0.39 is 6.04 Å². The molecule has 4 nitrogen and oxygen atoms in total. The number of hydrogen-bond donors (Lipinski definition) is 1. The van der Waals surface area contributed by atoms with Gasteiger partial charge in [0.15, 0.2) is 0 Å². The maximum Gasteiger partial charge on any atom is 0.243 e.